The molecular formula is C26H22N4O4. The van der Waals surface area contributed by atoms with Crippen LogP contribution < -0.4 is 14.8 Å². The fourth-order valence-corrected chi connectivity index (χ4v) is 3.74. The molecule has 2 aliphatic heterocycles. The number of benzene rings is 2. The Hall–Kier alpha value is -4.46. The lowest BCUT2D eigenvalue weighted by atomic mass is 10.1. The van der Waals surface area contributed by atoms with E-state index in [1.165, 1.54) is 0 Å². The van der Waals surface area contributed by atoms with Crippen molar-refractivity contribution in [1.29, 1.82) is 0 Å². The van der Waals surface area contributed by atoms with Crippen molar-refractivity contribution in [2.45, 2.75) is 12.5 Å². The van der Waals surface area contributed by atoms with E-state index in [4.69, 9.17) is 9.47 Å². The van der Waals surface area contributed by atoms with Crippen LogP contribution >= 0.6 is 0 Å². The number of ether oxygens (including phenoxy) is 2. The van der Waals surface area contributed by atoms with Crippen LogP contribution in [0.1, 0.15) is 15.9 Å². The monoisotopic (exact) mass is 454 g/mol. The predicted molar refractivity (Wildman–Crippen MR) is 126 cm³/mol. The van der Waals surface area contributed by atoms with Gasteiger partial charge in [0.25, 0.3) is 5.91 Å². The van der Waals surface area contributed by atoms with Crippen molar-refractivity contribution >= 4 is 23.1 Å². The molecule has 8 nitrogen and oxygen atoms in total. The maximum Gasteiger partial charge on any atom is 0.255 e. The SMILES string of the molecule is O=C[C@@H]1Cc2ccc(cc2)OCC=CCOc2ccc3nn(cc3c2)-c2ncccc2C(=O)N1. The maximum absolute atomic E-state index is 13.1. The summed E-state index contributed by atoms with van der Waals surface area (Å²) in [4.78, 5) is 29.2. The molecule has 0 aliphatic carbocycles. The third-order valence-electron chi connectivity index (χ3n) is 5.44. The van der Waals surface area contributed by atoms with E-state index in [0.717, 1.165) is 22.8 Å². The molecule has 8 heteroatoms. The van der Waals surface area contributed by atoms with Crippen molar-refractivity contribution in [2.24, 2.45) is 0 Å². The number of carbonyl (C=O) groups excluding carboxylic acids is 2. The Bertz CT molecular complexity index is 1360. The van der Waals surface area contributed by atoms with Crippen LogP contribution in [0, 0.1) is 0 Å². The van der Waals surface area contributed by atoms with Gasteiger partial charge in [0.15, 0.2) is 5.82 Å². The average Bonchev–Trinajstić information content (AvgIpc) is 3.29. The number of hydrogen-bond acceptors (Lipinski definition) is 6. The van der Waals surface area contributed by atoms with Gasteiger partial charge in [-0.25, -0.2) is 9.67 Å². The van der Waals surface area contributed by atoms with Crippen molar-refractivity contribution in [2.75, 3.05) is 13.2 Å². The molecule has 5 bridgehead atoms. The lowest BCUT2D eigenvalue weighted by molar-refractivity contribution is -0.109. The smallest absolute Gasteiger partial charge is 0.255 e. The third-order valence-corrected chi connectivity index (χ3v) is 5.44. The van der Waals surface area contributed by atoms with Crippen molar-refractivity contribution in [3.63, 3.8) is 0 Å². The predicted octanol–water partition coefficient (Wildman–Crippen LogP) is 3.29. The highest BCUT2D eigenvalue weighted by molar-refractivity contribution is 5.98. The molecule has 0 saturated heterocycles. The molecule has 0 unspecified atom stereocenters. The summed E-state index contributed by atoms with van der Waals surface area (Å²) >= 11 is 0. The van der Waals surface area contributed by atoms with Crippen LogP contribution in [0.15, 0.2) is 79.1 Å². The van der Waals surface area contributed by atoms with Crippen LogP contribution in [0.2, 0.25) is 0 Å². The molecule has 1 N–H and O–H groups in total. The standard InChI is InChI=1S/C26H22N4O4/c31-17-20-14-18-5-7-21(8-6-18)33-12-1-2-13-34-22-9-10-24-19(15-22)16-30(29-24)25-23(26(32)28-20)4-3-11-27-25/h1-11,15-17,20H,12-14H2,(H,28,32)/t20-/m0/s1. The Labute approximate surface area is 195 Å². The summed E-state index contributed by atoms with van der Waals surface area (Å²) in [6.07, 6.45) is 8.29. The van der Waals surface area contributed by atoms with Gasteiger partial charge >= 0.3 is 0 Å². The quantitative estimate of drug-likeness (QED) is 0.350. The van der Waals surface area contributed by atoms with E-state index in [-0.39, 0.29) is 0 Å². The van der Waals surface area contributed by atoms with Gasteiger partial charge in [0.05, 0.1) is 17.1 Å². The van der Waals surface area contributed by atoms with Gasteiger partial charge in [-0.2, -0.15) is 5.10 Å². The molecule has 0 spiro atoms. The van der Waals surface area contributed by atoms with Crippen LogP contribution in [0.5, 0.6) is 11.5 Å². The summed E-state index contributed by atoms with van der Waals surface area (Å²) in [5, 5.41) is 8.22. The highest BCUT2D eigenvalue weighted by Gasteiger charge is 2.19. The number of amides is 1. The van der Waals surface area contributed by atoms with E-state index in [0.29, 0.717) is 42.5 Å². The highest BCUT2D eigenvalue weighted by Crippen LogP contribution is 2.22. The van der Waals surface area contributed by atoms with E-state index in [9.17, 15) is 9.59 Å². The number of nitrogens with zero attached hydrogens (tertiary/aromatic N) is 3. The van der Waals surface area contributed by atoms with Crippen LogP contribution in [0.4, 0.5) is 0 Å². The number of aldehydes is 1. The number of aromatic nitrogens is 3. The number of fused-ring (bicyclic) bond motifs is 9. The largest absolute Gasteiger partial charge is 0.490 e. The van der Waals surface area contributed by atoms with Gasteiger partial charge in [-0.1, -0.05) is 12.1 Å². The Morgan fingerprint density at radius 3 is 2.56 bits per heavy atom. The molecule has 170 valence electrons. The topological polar surface area (TPSA) is 95.3 Å². The van der Waals surface area contributed by atoms with Crippen molar-refractivity contribution in [3.8, 4) is 17.3 Å². The van der Waals surface area contributed by atoms with Crippen LogP contribution in [0.3, 0.4) is 0 Å². The van der Waals surface area contributed by atoms with Crippen molar-refractivity contribution in [3.05, 3.63) is 90.3 Å². The number of nitrogens with one attached hydrogen (secondary N) is 1. The summed E-state index contributed by atoms with van der Waals surface area (Å²) in [6, 6.07) is 15.7. The van der Waals surface area contributed by atoms with E-state index >= 15 is 0 Å². The summed E-state index contributed by atoms with van der Waals surface area (Å²) < 4.78 is 13.1. The lowest BCUT2D eigenvalue weighted by Gasteiger charge is -2.15. The molecule has 4 aromatic rings. The van der Waals surface area contributed by atoms with Gasteiger partial charge < -0.3 is 19.6 Å². The second-order valence-electron chi connectivity index (χ2n) is 7.83. The van der Waals surface area contributed by atoms with E-state index in [1.807, 2.05) is 54.6 Å². The zero-order valence-electron chi connectivity index (χ0n) is 18.3. The molecule has 2 aromatic heterocycles. The molecule has 6 rings (SSSR count). The minimum absolute atomic E-state index is 0.318. The molecule has 34 heavy (non-hydrogen) atoms. The second-order valence-corrected chi connectivity index (χ2v) is 7.83. The molecule has 0 saturated carbocycles. The molecule has 1 atom stereocenters. The highest BCUT2D eigenvalue weighted by atomic mass is 16.5. The first-order valence-electron chi connectivity index (χ1n) is 10.9. The average molecular weight is 454 g/mol. The fourth-order valence-electron chi connectivity index (χ4n) is 3.74. The molecule has 0 fully saturated rings. The van der Waals surface area contributed by atoms with Crippen LogP contribution in [-0.2, 0) is 11.2 Å². The number of pyridine rings is 1. The molecule has 1 amide bonds. The molecule has 2 aliphatic rings. The third kappa shape index (κ3) is 4.66. The van der Waals surface area contributed by atoms with Gasteiger partial charge in [0.2, 0.25) is 0 Å². The first-order chi connectivity index (χ1) is 16.7. The van der Waals surface area contributed by atoms with E-state index < -0.39 is 11.9 Å². The maximum atomic E-state index is 13.1. The van der Waals surface area contributed by atoms with Gasteiger partial charge in [0, 0.05) is 17.8 Å². The first-order valence-corrected chi connectivity index (χ1v) is 10.9. The summed E-state index contributed by atoms with van der Waals surface area (Å²) in [7, 11) is 0. The zero-order chi connectivity index (χ0) is 23.3. The van der Waals surface area contributed by atoms with Gasteiger partial charge in [0.1, 0.15) is 31.0 Å². The summed E-state index contributed by atoms with van der Waals surface area (Å²) in [5.41, 5.74) is 1.96. The van der Waals surface area contributed by atoms with Crippen molar-refractivity contribution < 1.29 is 19.1 Å². The minimum atomic E-state index is -0.694. The Morgan fingerprint density at radius 2 is 1.76 bits per heavy atom. The Morgan fingerprint density at radius 1 is 1.00 bits per heavy atom. The van der Waals surface area contributed by atoms with Crippen LogP contribution in [0.25, 0.3) is 16.7 Å². The van der Waals surface area contributed by atoms with E-state index in [2.05, 4.69) is 15.4 Å². The van der Waals surface area contributed by atoms with Gasteiger partial charge in [-0.3, -0.25) is 4.79 Å². The van der Waals surface area contributed by atoms with E-state index in [1.54, 1.807) is 29.2 Å². The first kappa shape index (κ1) is 21.4. The number of hydrogen-bond donors (Lipinski definition) is 1. The normalized spacial score (nSPS) is 16.4. The summed E-state index contributed by atoms with van der Waals surface area (Å²) in [6.45, 7) is 0.812. The van der Waals surface area contributed by atoms with Gasteiger partial charge in [-0.15, -0.1) is 0 Å². The fraction of sp³-hybridized carbons (Fsp3) is 0.154. The lowest BCUT2D eigenvalue weighted by Crippen LogP contribution is -2.38. The van der Waals surface area contributed by atoms with Gasteiger partial charge in [-0.05, 0) is 66.6 Å². The van der Waals surface area contributed by atoms with Crippen molar-refractivity contribution in [1.82, 2.24) is 20.1 Å². The molecule has 0 radical (unpaired) electrons. The zero-order valence-corrected chi connectivity index (χ0v) is 18.3. The second kappa shape index (κ2) is 9.58. The molecule has 2 aromatic carbocycles. The number of carbonyl (C=O) groups is 2. The summed E-state index contributed by atoms with van der Waals surface area (Å²) in [5.74, 6) is 1.39. The minimum Gasteiger partial charge on any atom is -0.490 e. The molecule has 4 heterocycles. The Kier molecular flexibility index (Phi) is 6.03. The Balaban J connectivity index is 1.52. The number of rotatable bonds is 1. The van der Waals surface area contributed by atoms with Crippen LogP contribution in [-0.4, -0.2) is 46.2 Å². The molecular weight excluding hydrogens is 432 g/mol.